The lowest BCUT2D eigenvalue weighted by Gasteiger charge is -2.22. The van der Waals surface area contributed by atoms with Gasteiger partial charge in [-0.15, -0.1) is 0 Å². The monoisotopic (exact) mass is 422 g/mol. The van der Waals surface area contributed by atoms with Gasteiger partial charge in [0, 0.05) is 39.4 Å². The molecule has 0 aromatic heterocycles. The second kappa shape index (κ2) is 13.1. The number of hydrogen-bond acceptors (Lipinski definition) is 2. The Morgan fingerprint density at radius 1 is 0.469 bits per heavy atom. The third-order valence-electron chi connectivity index (χ3n) is 5.33. The van der Waals surface area contributed by atoms with Crippen LogP contribution in [0.2, 0.25) is 0 Å². The summed E-state index contributed by atoms with van der Waals surface area (Å²) >= 11 is 0. The third-order valence-corrected chi connectivity index (χ3v) is 5.33. The summed E-state index contributed by atoms with van der Waals surface area (Å²) in [4.78, 5) is 4.61. The maximum atomic E-state index is 2.53. The highest BCUT2D eigenvalue weighted by Gasteiger charge is 2.07. The lowest BCUT2D eigenvalue weighted by Crippen LogP contribution is -2.25. The average molecular weight is 423 g/mol. The van der Waals surface area contributed by atoms with E-state index < -0.39 is 0 Å². The zero-order chi connectivity index (χ0) is 22.4. The van der Waals surface area contributed by atoms with E-state index >= 15 is 0 Å². The first-order valence-corrected chi connectivity index (χ1v) is 11.3. The van der Waals surface area contributed by atoms with Crippen molar-refractivity contribution in [2.24, 2.45) is 0 Å². The predicted molar refractivity (Wildman–Crippen MR) is 138 cm³/mol. The zero-order valence-corrected chi connectivity index (χ0v) is 19.3. The van der Waals surface area contributed by atoms with Gasteiger partial charge >= 0.3 is 0 Å². The van der Waals surface area contributed by atoms with E-state index in [4.69, 9.17) is 0 Å². The summed E-state index contributed by atoms with van der Waals surface area (Å²) in [5, 5.41) is 0. The SMILES string of the molecule is CN(C)c1ccccc1.c1ccc(CCN(Cc2ccccc2)Cc2ccccc2)cc1. The topological polar surface area (TPSA) is 6.48 Å². The molecule has 0 heterocycles. The maximum absolute atomic E-state index is 2.53. The van der Waals surface area contributed by atoms with Crippen molar-refractivity contribution in [1.29, 1.82) is 0 Å². The Balaban J connectivity index is 0.000000269. The molecule has 0 amide bonds. The Kier molecular flexibility index (Phi) is 9.57. The fourth-order valence-electron chi connectivity index (χ4n) is 3.56. The smallest absolute Gasteiger partial charge is 0.0360 e. The molecule has 32 heavy (non-hydrogen) atoms. The quantitative estimate of drug-likeness (QED) is 0.312. The highest BCUT2D eigenvalue weighted by Crippen LogP contribution is 2.12. The summed E-state index contributed by atoms with van der Waals surface area (Å²) in [6, 6.07) is 42.5. The second-order valence-corrected chi connectivity index (χ2v) is 8.15. The molecule has 2 nitrogen and oxygen atoms in total. The van der Waals surface area contributed by atoms with Crippen LogP contribution in [-0.4, -0.2) is 25.5 Å². The lowest BCUT2D eigenvalue weighted by molar-refractivity contribution is 0.260. The van der Waals surface area contributed by atoms with E-state index in [-0.39, 0.29) is 0 Å². The van der Waals surface area contributed by atoms with E-state index in [9.17, 15) is 0 Å². The first-order chi connectivity index (χ1) is 15.7. The summed E-state index contributed by atoms with van der Waals surface area (Å²) in [6.07, 6.45) is 1.08. The van der Waals surface area contributed by atoms with Crippen LogP contribution in [0.4, 0.5) is 5.69 Å². The van der Waals surface area contributed by atoms with Gasteiger partial charge in [-0.1, -0.05) is 109 Å². The van der Waals surface area contributed by atoms with Crippen LogP contribution in [0.1, 0.15) is 16.7 Å². The molecule has 4 aromatic rings. The Hall–Kier alpha value is -3.36. The third kappa shape index (κ3) is 8.41. The molecule has 0 saturated carbocycles. The van der Waals surface area contributed by atoms with Gasteiger partial charge in [0.1, 0.15) is 0 Å². The summed E-state index contributed by atoms with van der Waals surface area (Å²) < 4.78 is 0. The van der Waals surface area contributed by atoms with Crippen LogP contribution in [0.25, 0.3) is 0 Å². The zero-order valence-electron chi connectivity index (χ0n) is 19.3. The molecule has 0 N–H and O–H groups in total. The largest absolute Gasteiger partial charge is 0.378 e. The molecular formula is C30H34N2. The van der Waals surface area contributed by atoms with Gasteiger partial charge in [-0.25, -0.2) is 0 Å². The van der Waals surface area contributed by atoms with Crippen molar-refractivity contribution in [3.63, 3.8) is 0 Å². The Labute approximate surface area is 193 Å². The van der Waals surface area contributed by atoms with Gasteiger partial charge in [0.15, 0.2) is 0 Å². The highest BCUT2D eigenvalue weighted by molar-refractivity contribution is 5.43. The summed E-state index contributed by atoms with van der Waals surface area (Å²) in [7, 11) is 4.07. The summed E-state index contributed by atoms with van der Waals surface area (Å²) in [5.41, 5.74) is 5.39. The van der Waals surface area contributed by atoms with E-state index in [0.29, 0.717) is 0 Å². The van der Waals surface area contributed by atoms with Crippen LogP contribution in [0.3, 0.4) is 0 Å². The lowest BCUT2D eigenvalue weighted by atomic mass is 10.1. The van der Waals surface area contributed by atoms with Crippen LogP contribution in [0.15, 0.2) is 121 Å². The number of hydrogen-bond donors (Lipinski definition) is 0. The van der Waals surface area contributed by atoms with Crippen molar-refractivity contribution in [3.05, 3.63) is 138 Å². The van der Waals surface area contributed by atoms with E-state index in [1.807, 2.05) is 32.3 Å². The van der Waals surface area contributed by atoms with Gasteiger partial charge in [0.25, 0.3) is 0 Å². The molecule has 0 unspecified atom stereocenters. The molecular weight excluding hydrogens is 388 g/mol. The van der Waals surface area contributed by atoms with Crippen molar-refractivity contribution in [2.75, 3.05) is 25.5 Å². The van der Waals surface area contributed by atoms with Crippen LogP contribution in [-0.2, 0) is 19.5 Å². The van der Waals surface area contributed by atoms with Crippen LogP contribution < -0.4 is 4.90 Å². The molecule has 0 aliphatic heterocycles. The van der Waals surface area contributed by atoms with Gasteiger partial charge in [-0.2, -0.15) is 0 Å². The predicted octanol–water partition coefficient (Wildman–Crippen LogP) is 6.68. The summed E-state index contributed by atoms with van der Waals surface area (Å²) in [6.45, 7) is 3.04. The van der Waals surface area contributed by atoms with E-state index in [0.717, 1.165) is 26.1 Å². The molecule has 4 aromatic carbocycles. The minimum atomic E-state index is 0.989. The number of benzene rings is 4. The molecule has 0 fully saturated rings. The molecule has 0 aliphatic rings. The van der Waals surface area contributed by atoms with Gasteiger partial charge in [0.2, 0.25) is 0 Å². The fourth-order valence-corrected chi connectivity index (χ4v) is 3.56. The minimum absolute atomic E-state index is 0.989. The molecule has 0 aliphatic carbocycles. The van der Waals surface area contributed by atoms with Crippen LogP contribution in [0.5, 0.6) is 0 Å². The molecule has 2 heteroatoms. The number of nitrogens with zero attached hydrogens (tertiary/aromatic N) is 2. The molecule has 0 atom stereocenters. The van der Waals surface area contributed by atoms with Gasteiger partial charge in [-0.3, -0.25) is 4.90 Å². The Bertz CT molecular complexity index is 942. The molecule has 0 spiro atoms. The fraction of sp³-hybridized carbons (Fsp3) is 0.200. The summed E-state index contributed by atoms with van der Waals surface area (Å²) in [5.74, 6) is 0. The number of anilines is 1. The van der Waals surface area contributed by atoms with Gasteiger partial charge < -0.3 is 4.90 Å². The standard InChI is InChI=1S/C22H23N.C8H11N/c1-4-10-20(11-5-1)16-17-23(18-21-12-6-2-7-13-21)19-22-14-8-3-9-15-22;1-9(2)8-6-4-3-5-7-8/h1-15H,16-19H2;3-7H,1-2H3. The van der Waals surface area contributed by atoms with Gasteiger partial charge in [-0.05, 0) is 35.2 Å². The van der Waals surface area contributed by atoms with Crippen molar-refractivity contribution < 1.29 is 0 Å². The average Bonchev–Trinajstić information content (AvgIpc) is 2.85. The molecule has 4 rings (SSSR count). The highest BCUT2D eigenvalue weighted by atomic mass is 15.1. The molecule has 164 valence electrons. The van der Waals surface area contributed by atoms with Crippen molar-refractivity contribution in [2.45, 2.75) is 19.5 Å². The second-order valence-electron chi connectivity index (χ2n) is 8.15. The Morgan fingerprint density at radius 2 is 0.844 bits per heavy atom. The van der Waals surface area contributed by atoms with E-state index in [1.54, 1.807) is 0 Å². The van der Waals surface area contributed by atoms with Crippen molar-refractivity contribution in [1.82, 2.24) is 4.90 Å². The number of rotatable bonds is 8. The van der Waals surface area contributed by atoms with E-state index in [2.05, 4.69) is 113 Å². The van der Waals surface area contributed by atoms with Crippen LogP contribution in [0, 0.1) is 0 Å². The van der Waals surface area contributed by atoms with Crippen molar-refractivity contribution >= 4 is 5.69 Å². The van der Waals surface area contributed by atoms with Gasteiger partial charge in [0.05, 0.1) is 0 Å². The maximum Gasteiger partial charge on any atom is 0.0360 e. The normalized spacial score (nSPS) is 10.3. The Morgan fingerprint density at radius 3 is 1.22 bits per heavy atom. The van der Waals surface area contributed by atoms with E-state index in [1.165, 1.54) is 22.4 Å². The first-order valence-electron chi connectivity index (χ1n) is 11.3. The molecule has 0 saturated heterocycles. The van der Waals surface area contributed by atoms with Crippen LogP contribution >= 0.6 is 0 Å². The first kappa shape index (κ1) is 23.3. The molecule has 0 radical (unpaired) electrons. The minimum Gasteiger partial charge on any atom is -0.378 e. The molecule has 0 bridgehead atoms. The van der Waals surface area contributed by atoms with Crippen molar-refractivity contribution in [3.8, 4) is 0 Å². The number of para-hydroxylation sites is 1.